The van der Waals surface area contributed by atoms with Gasteiger partial charge in [-0.1, -0.05) is 51.8 Å². The molecular weight excluding hydrogens is 366 g/mol. The standard InChI is InChI=1S/C17H15BrClNO2/c18-12-5-6-15(14(19)9-12)20-17(21)10-16-13-4-2-1-3-11(13)7-8-22-16/h1-6,9,16H,7-8,10H2,(H,20,21). The minimum Gasteiger partial charge on any atom is -0.373 e. The van der Waals surface area contributed by atoms with E-state index < -0.39 is 0 Å². The van der Waals surface area contributed by atoms with Gasteiger partial charge in [-0.25, -0.2) is 0 Å². The van der Waals surface area contributed by atoms with Gasteiger partial charge < -0.3 is 10.1 Å². The van der Waals surface area contributed by atoms with Crippen LogP contribution in [0, 0.1) is 0 Å². The molecule has 2 aromatic rings. The Balaban J connectivity index is 1.70. The maximum absolute atomic E-state index is 12.3. The van der Waals surface area contributed by atoms with Crippen LogP contribution >= 0.6 is 27.5 Å². The molecule has 0 aliphatic carbocycles. The van der Waals surface area contributed by atoms with Crippen LogP contribution < -0.4 is 5.32 Å². The predicted molar refractivity (Wildman–Crippen MR) is 91.2 cm³/mol. The summed E-state index contributed by atoms with van der Waals surface area (Å²) in [4.78, 5) is 12.3. The first-order valence-electron chi connectivity index (χ1n) is 7.08. The number of hydrogen-bond donors (Lipinski definition) is 1. The molecule has 22 heavy (non-hydrogen) atoms. The van der Waals surface area contributed by atoms with E-state index in [1.165, 1.54) is 5.56 Å². The minimum atomic E-state index is -0.195. The van der Waals surface area contributed by atoms with Gasteiger partial charge >= 0.3 is 0 Å². The Morgan fingerprint density at radius 1 is 1.32 bits per heavy atom. The van der Waals surface area contributed by atoms with Crippen molar-refractivity contribution in [3.63, 3.8) is 0 Å². The Bertz CT molecular complexity index is 705. The van der Waals surface area contributed by atoms with Crippen LogP contribution in [0.5, 0.6) is 0 Å². The molecule has 0 spiro atoms. The van der Waals surface area contributed by atoms with Gasteiger partial charge in [0.15, 0.2) is 0 Å². The number of fused-ring (bicyclic) bond motifs is 1. The van der Waals surface area contributed by atoms with Crippen molar-refractivity contribution >= 4 is 39.1 Å². The van der Waals surface area contributed by atoms with Crippen molar-refractivity contribution in [1.82, 2.24) is 0 Å². The molecule has 0 bridgehead atoms. The summed E-state index contributed by atoms with van der Waals surface area (Å²) in [5, 5.41) is 3.35. The molecule has 0 saturated carbocycles. The molecule has 0 aromatic heterocycles. The molecule has 1 heterocycles. The lowest BCUT2D eigenvalue weighted by Gasteiger charge is -2.25. The number of nitrogens with one attached hydrogen (secondary N) is 1. The zero-order chi connectivity index (χ0) is 15.5. The molecule has 3 rings (SSSR count). The SMILES string of the molecule is O=C(CC1OCCc2ccccc21)Nc1ccc(Br)cc1Cl. The fourth-order valence-corrected chi connectivity index (χ4v) is 3.33. The maximum atomic E-state index is 12.3. The van der Waals surface area contributed by atoms with Crippen molar-refractivity contribution < 1.29 is 9.53 Å². The Morgan fingerprint density at radius 3 is 2.95 bits per heavy atom. The summed E-state index contributed by atoms with van der Waals surface area (Å²) in [7, 11) is 0. The van der Waals surface area contributed by atoms with E-state index in [1.54, 1.807) is 12.1 Å². The lowest BCUT2D eigenvalue weighted by atomic mass is 9.95. The van der Waals surface area contributed by atoms with Crippen molar-refractivity contribution in [2.45, 2.75) is 18.9 Å². The van der Waals surface area contributed by atoms with Crippen molar-refractivity contribution in [1.29, 1.82) is 0 Å². The van der Waals surface area contributed by atoms with Crippen LogP contribution in [0.3, 0.4) is 0 Å². The largest absolute Gasteiger partial charge is 0.373 e. The minimum absolute atomic E-state index is 0.106. The molecule has 1 N–H and O–H groups in total. The van der Waals surface area contributed by atoms with E-state index in [-0.39, 0.29) is 18.4 Å². The van der Waals surface area contributed by atoms with Gasteiger partial charge in [-0.05, 0) is 35.7 Å². The Labute approximate surface area is 142 Å². The first-order chi connectivity index (χ1) is 10.6. The molecule has 114 valence electrons. The summed E-state index contributed by atoms with van der Waals surface area (Å²) in [5.41, 5.74) is 2.97. The average molecular weight is 381 g/mol. The summed E-state index contributed by atoms with van der Waals surface area (Å²) in [6.45, 7) is 0.647. The molecule has 2 aromatic carbocycles. The van der Waals surface area contributed by atoms with Gasteiger partial charge in [-0.2, -0.15) is 0 Å². The number of anilines is 1. The van der Waals surface area contributed by atoms with Crippen LogP contribution in [0.25, 0.3) is 0 Å². The van der Waals surface area contributed by atoms with Crippen molar-refractivity contribution in [3.8, 4) is 0 Å². The van der Waals surface area contributed by atoms with Gasteiger partial charge in [0, 0.05) is 4.47 Å². The molecule has 5 heteroatoms. The molecule has 1 amide bonds. The number of hydrogen-bond acceptors (Lipinski definition) is 2. The Hall–Kier alpha value is -1.36. The number of carbonyl (C=O) groups excluding carboxylic acids is 1. The van der Waals surface area contributed by atoms with Crippen LogP contribution in [0.2, 0.25) is 5.02 Å². The topological polar surface area (TPSA) is 38.3 Å². The van der Waals surface area contributed by atoms with Crippen LogP contribution in [0.1, 0.15) is 23.7 Å². The third kappa shape index (κ3) is 3.51. The van der Waals surface area contributed by atoms with Gasteiger partial charge in [0.25, 0.3) is 0 Å². The van der Waals surface area contributed by atoms with Crippen LogP contribution in [0.15, 0.2) is 46.9 Å². The van der Waals surface area contributed by atoms with E-state index in [0.717, 1.165) is 16.5 Å². The molecule has 3 nitrogen and oxygen atoms in total. The summed E-state index contributed by atoms with van der Waals surface area (Å²) in [6.07, 6.45) is 0.982. The average Bonchev–Trinajstić information content (AvgIpc) is 2.50. The molecular formula is C17H15BrClNO2. The van der Waals surface area contributed by atoms with Crippen LogP contribution in [-0.4, -0.2) is 12.5 Å². The number of halogens is 2. The first kappa shape index (κ1) is 15.5. The van der Waals surface area contributed by atoms with E-state index in [2.05, 4.69) is 27.3 Å². The number of carbonyl (C=O) groups is 1. The lowest BCUT2D eigenvalue weighted by molar-refractivity contribution is -0.119. The van der Waals surface area contributed by atoms with Gasteiger partial charge in [0.05, 0.1) is 29.8 Å². The fraction of sp³-hybridized carbons (Fsp3) is 0.235. The third-order valence-corrected chi connectivity index (χ3v) is 4.47. The predicted octanol–water partition coefficient (Wildman–Crippen LogP) is 4.75. The third-order valence-electron chi connectivity index (χ3n) is 3.67. The highest BCUT2D eigenvalue weighted by molar-refractivity contribution is 9.10. The summed E-state index contributed by atoms with van der Waals surface area (Å²) >= 11 is 9.46. The second kappa shape index (κ2) is 6.82. The summed E-state index contributed by atoms with van der Waals surface area (Å²) < 4.78 is 6.64. The monoisotopic (exact) mass is 379 g/mol. The van der Waals surface area contributed by atoms with E-state index >= 15 is 0 Å². The number of amides is 1. The van der Waals surface area contributed by atoms with Crippen molar-refractivity contribution in [3.05, 3.63) is 63.1 Å². The molecule has 1 unspecified atom stereocenters. The van der Waals surface area contributed by atoms with Gasteiger partial charge in [-0.15, -0.1) is 0 Å². The number of benzene rings is 2. The smallest absolute Gasteiger partial charge is 0.227 e. The van der Waals surface area contributed by atoms with E-state index in [9.17, 15) is 4.79 Å². The van der Waals surface area contributed by atoms with E-state index in [4.69, 9.17) is 16.3 Å². The molecule has 1 aliphatic heterocycles. The molecule has 0 radical (unpaired) electrons. The maximum Gasteiger partial charge on any atom is 0.227 e. The molecule has 0 fully saturated rings. The van der Waals surface area contributed by atoms with Crippen LogP contribution in [0.4, 0.5) is 5.69 Å². The normalized spacial score (nSPS) is 16.9. The van der Waals surface area contributed by atoms with E-state index in [1.807, 2.05) is 24.3 Å². The second-order valence-electron chi connectivity index (χ2n) is 5.18. The summed E-state index contributed by atoms with van der Waals surface area (Å²) in [6, 6.07) is 13.5. The number of ether oxygens (including phenoxy) is 1. The lowest BCUT2D eigenvalue weighted by Crippen LogP contribution is -2.22. The van der Waals surface area contributed by atoms with Crippen molar-refractivity contribution in [2.24, 2.45) is 0 Å². The molecule has 1 aliphatic rings. The van der Waals surface area contributed by atoms with Crippen molar-refractivity contribution in [2.75, 3.05) is 11.9 Å². The zero-order valence-electron chi connectivity index (χ0n) is 11.8. The number of rotatable bonds is 3. The highest BCUT2D eigenvalue weighted by Gasteiger charge is 2.23. The quantitative estimate of drug-likeness (QED) is 0.835. The van der Waals surface area contributed by atoms with Crippen LogP contribution in [-0.2, 0) is 16.0 Å². The molecule has 0 saturated heterocycles. The Kier molecular flexibility index (Phi) is 4.81. The van der Waals surface area contributed by atoms with Gasteiger partial charge in [0.1, 0.15) is 0 Å². The van der Waals surface area contributed by atoms with Gasteiger partial charge in [0.2, 0.25) is 5.91 Å². The summed E-state index contributed by atoms with van der Waals surface area (Å²) in [5.74, 6) is -0.106. The first-order valence-corrected chi connectivity index (χ1v) is 8.25. The molecule has 1 atom stereocenters. The van der Waals surface area contributed by atoms with E-state index in [0.29, 0.717) is 17.3 Å². The fourth-order valence-electron chi connectivity index (χ4n) is 2.61. The highest BCUT2D eigenvalue weighted by Crippen LogP contribution is 2.31. The van der Waals surface area contributed by atoms with Gasteiger partial charge in [-0.3, -0.25) is 4.79 Å². The second-order valence-corrected chi connectivity index (χ2v) is 6.51. The Morgan fingerprint density at radius 2 is 2.14 bits per heavy atom. The highest BCUT2D eigenvalue weighted by atomic mass is 79.9. The zero-order valence-corrected chi connectivity index (χ0v) is 14.2.